The first-order chi connectivity index (χ1) is 10.9. The van der Waals surface area contributed by atoms with Crippen LogP contribution in [0.25, 0.3) is 0 Å². The summed E-state index contributed by atoms with van der Waals surface area (Å²) in [6.45, 7) is 1.21. The van der Waals surface area contributed by atoms with Crippen LogP contribution < -0.4 is 0 Å². The molecule has 0 rings (SSSR count). The van der Waals surface area contributed by atoms with Crippen molar-refractivity contribution in [1.29, 1.82) is 0 Å². The number of aliphatic hydroxyl groups excluding tert-OH is 2. The van der Waals surface area contributed by atoms with Crippen molar-refractivity contribution in [2.24, 2.45) is 0 Å². The number of unbranched alkanes of at least 4 members (excludes halogenated alkanes) is 9. The van der Waals surface area contributed by atoms with Crippen molar-refractivity contribution < 1.29 is 34.6 Å². The summed E-state index contributed by atoms with van der Waals surface area (Å²) in [6.07, 6.45) is 9.21. The number of aliphatic hydroxyl groups is 2. The molecule has 24 heavy (non-hydrogen) atoms. The van der Waals surface area contributed by atoms with Gasteiger partial charge in [-0.2, -0.15) is 8.42 Å². The van der Waals surface area contributed by atoms with E-state index in [0.717, 1.165) is 19.3 Å². The largest absolute Gasteiger partial charge is 2.00 e. The molecule has 0 fully saturated rings. The fraction of sp³-hybridized carbons (Fsp3) is 0.933. The summed E-state index contributed by atoms with van der Waals surface area (Å²) in [5.74, 6) is -1.45. The van der Waals surface area contributed by atoms with Gasteiger partial charge in [0.25, 0.3) is 0 Å². The van der Waals surface area contributed by atoms with Crippen LogP contribution in [-0.2, 0) is 23.6 Å². The Morgan fingerprint density at radius 3 is 1.92 bits per heavy atom. The normalized spacial score (nSPS) is 12.5. The van der Waals surface area contributed by atoms with Crippen LogP contribution in [0, 0.1) is 0 Å². The number of hydrogen-bond donors (Lipinski definition) is 2. The van der Waals surface area contributed by atoms with Crippen LogP contribution in [0.2, 0.25) is 0 Å². The van der Waals surface area contributed by atoms with E-state index in [1.54, 1.807) is 0 Å². The van der Waals surface area contributed by atoms with E-state index in [1.165, 1.54) is 38.5 Å². The van der Waals surface area contributed by atoms with E-state index in [0.29, 0.717) is 6.42 Å². The van der Waals surface area contributed by atoms with Gasteiger partial charge in [-0.25, -0.2) is 8.98 Å². The third-order valence-electron chi connectivity index (χ3n) is 3.35. The minimum absolute atomic E-state index is 0. The molecule has 0 saturated heterocycles. The van der Waals surface area contributed by atoms with Crippen molar-refractivity contribution in [3.8, 4) is 0 Å². The Labute approximate surface area is 164 Å². The van der Waals surface area contributed by atoms with Crippen molar-refractivity contribution in [3.63, 3.8) is 0 Å². The van der Waals surface area contributed by atoms with Gasteiger partial charge in [0.15, 0.2) is 6.10 Å². The Hall–Kier alpha value is 0.0662. The van der Waals surface area contributed by atoms with E-state index < -0.39 is 29.1 Å². The summed E-state index contributed by atoms with van der Waals surface area (Å²) >= 11 is 0. The molecule has 2 N–H and O–H groups in total. The van der Waals surface area contributed by atoms with Gasteiger partial charge >= 0.3 is 39.4 Å². The van der Waals surface area contributed by atoms with E-state index in [9.17, 15) is 13.2 Å². The summed E-state index contributed by atoms with van der Waals surface area (Å²) in [6, 6.07) is 0. The average molecular weight is 381 g/mol. The second-order valence-electron chi connectivity index (χ2n) is 5.51. The van der Waals surface area contributed by atoms with Gasteiger partial charge in [0.2, 0.25) is 0 Å². The molecule has 0 aliphatic rings. The van der Waals surface area contributed by atoms with Crippen LogP contribution in [-0.4, -0.2) is 67.0 Å². The second-order valence-corrected chi connectivity index (χ2v) is 6.73. The molecule has 142 valence electrons. The topological polar surface area (TPSA) is 110 Å². The van der Waals surface area contributed by atoms with Crippen molar-refractivity contribution in [2.45, 2.75) is 77.2 Å². The van der Waals surface area contributed by atoms with Gasteiger partial charge in [0, 0.05) is 0 Å². The molecule has 0 aromatic heterocycles. The summed E-state index contributed by atoms with van der Waals surface area (Å²) in [7, 11) is -4.47. The Kier molecular flexibility index (Phi) is 18.1. The van der Waals surface area contributed by atoms with E-state index in [-0.39, 0.29) is 32.5 Å². The van der Waals surface area contributed by atoms with Gasteiger partial charge in [-0.3, -0.25) is 0 Å². The molecule has 0 heterocycles. The third-order valence-corrected chi connectivity index (χ3v) is 4.18. The minimum atomic E-state index is -4.47. The van der Waals surface area contributed by atoms with Crippen LogP contribution >= 0.6 is 0 Å². The van der Waals surface area contributed by atoms with E-state index in [4.69, 9.17) is 10.2 Å². The zero-order chi connectivity index (χ0) is 17.6. The van der Waals surface area contributed by atoms with Crippen LogP contribution in [0.1, 0.15) is 74.0 Å². The SMILES string of the molecule is CCCCCCCCCCCCOS(=O)(=O)OC(=O)C(O)CO.[H-].[H-].[Mg+2]. The molecule has 0 aromatic carbocycles. The molecule has 0 aliphatic carbocycles. The molecule has 0 amide bonds. The van der Waals surface area contributed by atoms with Gasteiger partial charge < -0.3 is 17.2 Å². The van der Waals surface area contributed by atoms with Gasteiger partial charge in [0.1, 0.15) is 0 Å². The third kappa shape index (κ3) is 15.6. The number of rotatable bonds is 15. The fourth-order valence-electron chi connectivity index (χ4n) is 2.01. The first-order valence-electron chi connectivity index (χ1n) is 8.34. The molecule has 0 radical (unpaired) electrons. The standard InChI is InChI=1S/C15H30O7S.Mg.2H/c1-2-3-4-5-6-7-8-9-10-11-12-21-23(19,20)22-15(18)14(17)13-16;;;/h14,16-17H,2-13H2,1H3;;;/q;+2;2*-1. The Balaban J connectivity index is -0.000000807. The van der Waals surface area contributed by atoms with Gasteiger partial charge in [-0.15, -0.1) is 0 Å². The molecule has 1 atom stereocenters. The van der Waals surface area contributed by atoms with Crippen molar-refractivity contribution in [2.75, 3.05) is 13.2 Å². The van der Waals surface area contributed by atoms with Gasteiger partial charge in [-0.05, 0) is 6.42 Å². The van der Waals surface area contributed by atoms with E-state index in [2.05, 4.69) is 15.3 Å². The molecular weight excluding hydrogens is 349 g/mol. The quantitative estimate of drug-likeness (QED) is 0.330. The molecule has 0 bridgehead atoms. The zero-order valence-electron chi connectivity index (χ0n) is 16.6. The van der Waals surface area contributed by atoms with Crippen molar-refractivity contribution >= 4 is 39.4 Å². The number of carbonyl (C=O) groups excluding carboxylic acids is 1. The van der Waals surface area contributed by atoms with Crippen molar-refractivity contribution in [1.82, 2.24) is 0 Å². The maximum atomic E-state index is 11.3. The monoisotopic (exact) mass is 380 g/mol. The molecule has 0 saturated carbocycles. The second kappa shape index (κ2) is 16.5. The summed E-state index contributed by atoms with van der Waals surface area (Å²) in [4.78, 5) is 11.0. The minimum Gasteiger partial charge on any atom is -1.00 e. The molecule has 1 unspecified atom stereocenters. The Morgan fingerprint density at radius 1 is 1.00 bits per heavy atom. The van der Waals surface area contributed by atoms with Crippen molar-refractivity contribution in [3.05, 3.63) is 0 Å². The number of hydrogen-bond acceptors (Lipinski definition) is 7. The summed E-state index contributed by atoms with van der Waals surface area (Å²) < 4.78 is 31.0. The summed E-state index contributed by atoms with van der Waals surface area (Å²) in [5.41, 5.74) is 0. The smallest absolute Gasteiger partial charge is 1.00 e. The van der Waals surface area contributed by atoms with Gasteiger partial charge in [0.05, 0.1) is 13.2 Å². The maximum absolute atomic E-state index is 11.3. The average Bonchev–Trinajstić information content (AvgIpc) is 2.51. The first-order valence-corrected chi connectivity index (χ1v) is 9.68. The molecule has 9 heteroatoms. The maximum Gasteiger partial charge on any atom is 2.00 e. The van der Waals surface area contributed by atoms with E-state index in [1.807, 2.05) is 0 Å². The molecule has 0 aromatic rings. The fourth-order valence-corrected chi connectivity index (χ4v) is 2.69. The van der Waals surface area contributed by atoms with Crippen LogP contribution in [0.3, 0.4) is 0 Å². The molecule has 0 aliphatic heterocycles. The Morgan fingerprint density at radius 2 is 1.46 bits per heavy atom. The van der Waals surface area contributed by atoms with Crippen LogP contribution in [0.5, 0.6) is 0 Å². The van der Waals surface area contributed by atoms with Gasteiger partial charge in [-0.1, -0.05) is 64.7 Å². The van der Waals surface area contributed by atoms with Crippen LogP contribution in [0.15, 0.2) is 0 Å². The summed E-state index contributed by atoms with van der Waals surface area (Å²) in [5, 5.41) is 17.4. The Bertz CT molecular complexity index is 411. The van der Waals surface area contributed by atoms with E-state index >= 15 is 0 Å². The van der Waals surface area contributed by atoms with Crippen LogP contribution in [0.4, 0.5) is 0 Å². The number of carbonyl (C=O) groups is 1. The molecule has 7 nitrogen and oxygen atoms in total. The predicted octanol–water partition coefficient (Wildman–Crippen LogP) is 1.91. The predicted molar refractivity (Wildman–Crippen MR) is 93.9 cm³/mol. The first kappa shape index (κ1) is 26.3. The molecular formula is C15H32MgO7S. The zero-order valence-corrected chi connectivity index (χ0v) is 16.8. The molecule has 0 spiro atoms.